The highest BCUT2D eigenvalue weighted by Crippen LogP contribution is 2.21. The van der Waals surface area contributed by atoms with Crippen molar-refractivity contribution in [2.24, 2.45) is 0 Å². The SMILES string of the molecule is CN(C)C(=O)CSc1ncccc1N. The first-order chi connectivity index (χ1) is 6.61. The fraction of sp³-hybridized carbons (Fsp3) is 0.333. The fourth-order valence-corrected chi connectivity index (χ4v) is 1.67. The average Bonchev–Trinajstić information content (AvgIpc) is 2.16. The number of thioether (sulfide) groups is 1. The minimum absolute atomic E-state index is 0.0556. The van der Waals surface area contributed by atoms with E-state index in [-0.39, 0.29) is 5.91 Å². The average molecular weight is 211 g/mol. The van der Waals surface area contributed by atoms with E-state index in [2.05, 4.69) is 4.98 Å². The van der Waals surface area contributed by atoms with E-state index in [1.807, 2.05) is 0 Å². The Balaban J connectivity index is 2.54. The van der Waals surface area contributed by atoms with Gasteiger partial charge in [0.15, 0.2) is 0 Å². The molecule has 0 bridgehead atoms. The van der Waals surface area contributed by atoms with Gasteiger partial charge in [0.1, 0.15) is 5.03 Å². The van der Waals surface area contributed by atoms with Crippen LogP contribution < -0.4 is 5.73 Å². The van der Waals surface area contributed by atoms with Crippen LogP contribution in [0.2, 0.25) is 0 Å². The van der Waals surface area contributed by atoms with E-state index in [0.717, 1.165) is 0 Å². The maximum absolute atomic E-state index is 11.3. The predicted octanol–water partition coefficient (Wildman–Crippen LogP) is 0.844. The van der Waals surface area contributed by atoms with Crippen molar-refractivity contribution in [2.45, 2.75) is 5.03 Å². The molecule has 14 heavy (non-hydrogen) atoms. The Bertz CT molecular complexity index is 328. The van der Waals surface area contributed by atoms with Crippen molar-refractivity contribution in [3.05, 3.63) is 18.3 Å². The number of pyridine rings is 1. The van der Waals surface area contributed by atoms with Gasteiger partial charge in [0, 0.05) is 20.3 Å². The summed E-state index contributed by atoms with van der Waals surface area (Å²) in [5, 5.41) is 0.711. The van der Waals surface area contributed by atoms with Crippen molar-refractivity contribution in [3.8, 4) is 0 Å². The largest absolute Gasteiger partial charge is 0.397 e. The van der Waals surface area contributed by atoms with E-state index < -0.39 is 0 Å². The summed E-state index contributed by atoms with van der Waals surface area (Å²) in [5.41, 5.74) is 6.29. The number of hydrogen-bond acceptors (Lipinski definition) is 4. The third-order valence-electron chi connectivity index (χ3n) is 1.63. The molecule has 0 aliphatic rings. The molecule has 0 aliphatic heterocycles. The van der Waals surface area contributed by atoms with E-state index in [0.29, 0.717) is 16.5 Å². The number of aromatic nitrogens is 1. The van der Waals surface area contributed by atoms with Gasteiger partial charge in [0.2, 0.25) is 5.91 Å². The summed E-state index contributed by atoms with van der Waals surface area (Å²) in [6.45, 7) is 0. The molecule has 1 amide bonds. The highest BCUT2D eigenvalue weighted by atomic mass is 32.2. The summed E-state index contributed by atoms with van der Waals surface area (Å²) in [6.07, 6.45) is 1.67. The van der Waals surface area contributed by atoms with Crippen LogP contribution in [0, 0.1) is 0 Å². The predicted molar refractivity (Wildman–Crippen MR) is 58.1 cm³/mol. The Morgan fingerprint density at radius 3 is 2.93 bits per heavy atom. The molecule has 4 nitrogen and oxygen atoms in total. The van der Waals surface area contributed by atoms with Gasteiger partial charge in [0.25, 0.3) is 0 Å². The molecule has 1 aromatic rings. The van der Waals surface area contributed by atoms with Crippen LogP contribution in [0.25, 0.3) is 0 Å². The van der Waals surface area contributed by atoms with E-state index in [1.165, 1.54) is 11.8 Å². The Hall–Kier alpha value is -1.23. The minimum Gasteiger partial charge on any atom is -0.397 e. The maximum atomic E-state index is 11.3. The number of carbonyl (C=O) groups is 1. The first-order valence-electron chi connectivity index (χ1n) is 4.14. The lowest BCUT2D eigenvalue weighted by Gasteiger charge is -2.09. The molecule has 0 radical (unpaired) electrons. The number of carbonyl (C=O) groups excluding carboxylic acids is 1. The monoisotopic (exact) mass is 211 g/mol. The molecule has 0 saturated heterocycles. The molecular weight excluding hydrogens is 198 g/mol. The smallest absolute Gasteiger partial charge is 0.232 e. The van der Waals surface area contributed by atoms with Crippen LogP contribution in [0.5, 0.6) is 0 Å². The number of nitrogens with zero attached hydrogens (tertiary/aromatic N) is 2. The lowest BCUT2D eigenvalue weighted by molar-refractivity contribution is -0.125. The molecular formula is C9H13N3OS. The van der Waals surface area contributed by atoms with Gasteiger partial charge in [-0.1, -0.05) is 11.8 Å². The van der Waals surface area contributed by atoms with Crippen LogP contribution in [0.3, 0.4) is 0 Å². The van der Waals surface area contributed by atoms with Crippen LogP contribution in [0.15, 0.2) is 23.4 Å². The van der Waals surface area contributed by atoms with Crippen molar-refractivity contribution in [3.63, 3.8) is 0 Å². The summed E-state index contributed by atoms with van der Waals surface area (Å²) in [6, 6.07) is 3.54. The molecule has 0 unspecified atom stereocenters. The summed E-state index contributed by atoms with van der Waals surface area (Å²) in [5.74, 6) is 0.425. The van der Waals surface area contributed by atoms with Crippen molar-refractivity contribution < 1.29 is 4.79 Å². The third kappa shape index (κ3) is 2.92. The van der Waals surface area contributed by atoms with Crippen molar-refractivity contribution in [1.82, 2.24) is 9.88 Å². The van der Waals surface area contributed by atoms with Gasteiger partial charge >= 0.3 is 0 Å². The number of hydrogen-bond donors (Lipinski definition) is 1. The zero-order valence-electron chi connectivity index (χ0n) is 8.23. The first kappa shape index (κ1) is 10.8. The van der Waals surface area contributed by atoms with Crippen LogP contribution in [-0.4, -0.2) is 35.6 Å². The Kier molecular flexibility index (Phi) is 3.76. The summed E-state index contributed by atoms with van der Waals surface area (Å²) in [7, 11) is 3.45. The molecule has 1 aromatic heterocycles. The van der Waals surface area contributed by atoms with Gasteiger partial charge in [-0.25, -0.2) is 4.98 Å². The van der Waals surface area contributed by atoms with Gasteiger partial charge in [-0.3, -0.25) is 4.79 Å². The van der Waals surface area contributed by atoms with Crippen molar-refractivity contribution in [1.29, 1.82) is 0 Å². The molecule has 2 N–H and O–H groups in total. The molecule has 5 heteroatoms. The molecule has 0 fully saturated rings. The van der Waals surface area contributed by atoms with Crippen LogP contribution in [-0.2, 0) is 4.79 Å². The number of nitrogen functional groups attached to an aromatic ring is 1. The second kappa shape index (κ2) is 4.85. The highest BCUT2D eigenvalue weighted by Gasteiger charge is 2.06. The summed E-state index contributed by atoms with van der Waals surface area (Å²) >= 11 is 1.36. The Morgan fingerprint density at radius 1 is 1.64 bits per heavy atom. The van der Waals surface area contributed by atoms with E-state index in [4.69, 9.17) is 5.73 Å². The quantitative estimate of drug-likeness (QED) is 0.753. The molecule has 1 rings (SSSR count). The van der Waals surface area contributed by atoms with Gasteiger partial charge in [-0.15, -0.1) is 0 Å². The molecule has 0 saturated carbocycles. The second-order valence-electron chi connectivity index (χ2n) is 2.97. The van der Waals surface area contributed by atoms with E-state index >= 15 is 0 Å². The summed E-state index contributed by atoms with van der Waals surface area (Å²) < 4.78 is 0. The Morgan fingerprint density at radius 2 is 2.36 bits per heavy atom. The lowest BCUT2D eigenvalue weighted by atomic mass is 10.4. The molecule has 0 atom stereocenters. The topological polar surface area (TPSA) is 59.2 Å². The molecule has 76 valence electrons. The van der Waals surface area contributed by atoms with Gasteiger partial charge in [-0.2, -0.15) is 0 Å². The van der Waals surface area contributed by atoms with Gasteiger partial charge in [-0.05, 0) is 12.1 Å². The van der Waals surface area contributed by atoms with Gasteiger partial charge < -0.3 is 10.6 Å². The van der Waals surface area contributed by atoms with Crippen LogP contribution in [0.4, 0.5) is 5.69 Å². The third-order valence-corrected chi connectivity index (χ3v) is 2.64. The zero-order valence-corrected chi connectivity index (χ0v) is 9.04. The first-order valence-corrected chi connectivity index (χ1v) is 5.13. The fourth-order valence-electron chi connectivity index (χ4n) is 0.783. The molecule has 0 aromatic carbocycles. The number of rotatable bonds is 3. The number of anilines is 1. The van der Waals surface area contributed by atoms with E-state index in [9.17, 15) is 4.79 Å². The Labute approximate surface area is 87.5 Å². The standard InChI is InChI=1S/C9H13N3OS/c1-12(2)8(13)6-14-9-7(10)4-3-5-11-9/h3-5H,6,10H2,1-2H3. The van der Waals surface area contributed by atoms with Gasteiger partial charge in [0.05, 0.1) is 11.4 Å². The minimum atomic E-state index is 0.0556. The summed E-state index contributed by atoms with van der Waals surface area (Å²) in [4.78, 5) is 16.9. The molecule has 0 spiro atoms. The normalized spacial score (nSPS) is 9.86. The molecule has 1 heterocycles. The van der Waals surface area contributed by atoms with E-state index in [1.54, 1.807) is 37.3 Å². The second-order valence-corrected chi connectivity index (χ2v) is 3.94. The lowest BCUT2D eigenvalue weighted by Crippen LogP contribution is -2.23. The highest BCUT2D eigenvalue weighted by molar-refractivity contribution is 8.00. The van der Waals surface area contributed by atoms with Crippen molar-refractivity contribution in [2.75, 3.05) is 25.6 Å². The van der Waals surface area contributed by atoms with Crippen LogP contribution >= 0.6 is 11.8 Å². The maximum Gasteiger partial charge on any atom is 0.232 e. The molecule has 0 aliphatic carbocycles. The van der Waals surface area contributed by atoms with Crippen molar-refractivity contribution >= 4 is 23.4 Å². The number of nitrogens with two attached hydrogens (primary N) is 1. The number of amides is 1. The van der Waals surface area contributed by atoms with Crippen LogP contribution in [0.1, 0.15) is 0 Å². The zero-order chi connectivity index (χ0) is 10.6.